The maximum Gasteiger partial charge on any atom is 0.322 e. The van der Waals surface area contributed by atoms with Crippen LogP contribution >= 0.6 is 0 Å². The fraction of sp³-hybridized carbons (Fsp3) is 0.500. The SMILES string of the molecule is CC(C)C(N)C(=O)NC(Cc1ccccc1)C(=O)NC(CCCN=C(N)N)C(=O)NCC(=O)O. The quantitative estimate of drug-likeness (QED) is 0.0942. The average Bonchev–Trinajstić information content (AvgIpc) is 2.78. The van der Waals surface area contributed by atoms with Crippen molar-refractivity contribution in [1.29, 1.82) is 0 Å². The van der Waals surface area contributed by atoms with Gasteiger partial charge in [-0.25, -0.2) is 0 Å². The number of carbonyl (C=O) groups excluding carboxylic acids is 3. The molecule has 0 bridgehead atoms. The van der Waals surface area contributed by atoms with Crippen molar-refractivity contribution in [2.75, 3.05) is 13.1 Å². The second-order valence-electron chi connectivity index (χ2n) is 8.14. The van der Waals surface area contributed by atoms with Crippen molar-refractivity contribution in [3.05, 3.63) is 35.9 Å². The first kappa shape index (κ1) is 28.4. The van der Waals surface area contributed by atoms with Crippen LogP contribution in [0.4, 0.5) is 0 Å². The van der Waals surface area contributed by atoms with Gasteiger partial charge in [0.05, 0.1) is 6.04 Å². The van der Waals surface area contributed by atoms with Crippen molar-refractivity contribution in [2.45, 2.75) is 51.2 Å². The van der Waals surface area contributed by atoms with Gasteiger partial charge in [-0.1, -0.05) is 44.2 Å². The monoisotopic (exact) mass is 477 g/mol. The van der Waals surface area contributed by atoms with Crippen LogP contribution in [0.3, 0.4) is 0 Å². The van der Waals surface area contributed by atoms with Crippen LogP contribution in [0.2, 0.25) is 0 Å². The third-order valence-electron chi connectivity index (χ3n) is 4.93. The zero-order valence-corrected chi connectivity index (χ0v) is 19.5. The molecular weight excluding hydrogens is 442 g/mol. The van der Waals surface area contributed by atoms with Gasteiger partial charge in [0.1, 0.15) is 18.6 Å². The van der Waals surface area contributed by atoms with Gasteiger partial charge in [0.25, 0.3) is 0 Å². The molecule has 34 heavy (non-hydrogen) atoms. The topological polar surface area (TPSA) is 215 Å². The molecule has 3 amide bonds. The van der Waals surface area contributed by atoms with E-state index in [1.165, 1.54) is 0 Å². The van der Waals surface area contributed by atoms with E-state index in [4.69, 9.17) is 22.3 Å². The van der Waals surface area contributed by atoms with E-state index in [0.717, 1.165) is 5.56 Å². The van der Waals surface area contributed by atoms with Gasteiger partial charge in [-0.15, -0.1) is 0 Å². The Bertz CT molecular complexity index is 856. The predicted molar refractivity (Wildman–Crippen MR) is 127 cm³/mol. The van der Waals surface area contributed by atoms with Gasteiger partial charge < -0.3 is 38.3 Å². The molecule has 0 saturated heterocycles. The summed E-state index contributed by atoms with van der Waals surface area (Å²) >= 11 is 0. The summed E-state index contributed by atoms with van der Waals surface area (Å²) < 4.78 is 0. The Morgan fingerprint density at radius 3 is 2.15 bits per heavy atom. The summed E-state index contributed by atoms with van der Waals surface area (Å²) in [5, 5.41) is 16.4. The predicted octanol–water partition coefficient (Wildman–Crippen LogP) is -1.56. The highest BCUT2D eigenvalue weighted by Gasteiger charge is 2.29. The lowest BCUT2D eigenvalue weighted by Crippen LogP contribution is -2.57. The number of amides is 3. The fourth-order valence-electron chi connectivity index (χ4n) is 2.96. The number of aliphatic carboxylic acids is 1. The number of carboxylic acids is 1. The summed E-state index contributed by atoms with van der Waals surface area (Å²) in [6.07, 6.45) is 0.656. The summed E-state index contributed by atoms with van der Waals surface area (Å²) in [6, 6.07) is 6.16. The van der Waals surface area contributed by atoms with E-state index in [1.54, 1.807) is 38.1 Å². The molecule has 0 heterocycles. The van der Waals surface area contributed by atoms with Crippen LogP contribution in [-0.2, 0) is 25.6 Å². The largest absolute Gasteiger partial charge is 0.480 e. The standard InChI is InChI=1S/C22H35N7O5/c1-13(2)18(23)21(34)29-16(11-14-7-4-3-5-8-14)20(33)28-15(9-6-10-26-22(24)25)19(32)27-12-17(30)31/h3-5,7-8,13,15-16,18H,6,9-12,23H2,1-2H3,(H,27,32)(H,28,33)(H,29,34)(H,30,31)(H4,24,25,26). The smallest absolute Gasteiger partial charge is 0.322 e. The number of guanidine groups is 1. The number of nitrogens with two attached hydrogens (primary N) is 3. The van der Waals surface area contributed by atoms with E-state index in [9.17, 15) is 19.2 Å². The Kier molecular flexibility index (Phi) is 12.1. The minimum Gasteiger partial charge on any atom is -0.480 e. The lowest BCUT2D eigenvalue weighted by atomic mass is 10.0. The molecule has 0 aromatic heterocycles. The zero-order valence-electron chi connectivity index (χ0n) is 19.5. The molecule has 0 radical (unpaired) electrons. The molecule has 3 unspecified atom stereocenters. The van der Waals surface area contributed by atoms with E-state index in [1.807, 2.05) is 6.07 Å². The fourth-order valence-corrected chi connectivity index (χ4v) is 2.96. The van der Waals surface area contributed by atoms with Crippen LogP contribution in [0.1, 0.15) is 32.3 Å². The Morgan fingerprint density at radius 2 is 1.59 bits per heavy atom. The molecule has 12 heteroatoms. The summed E-state index contributed by atoms with van der Waals surface area (Å²) in [4.78, 5) is 52.9. The number of benzene rings is 1. The van der Waals surface area contributed by atoms with Crippen LogP contribution in [0.15, 0.2) is 35.3 Å². The second kappa shape index (κ2) is 14.5. The molecule has 188 valence electrons. The first-order valence-corrected chi connectivity index (χ1v) is 11.0. The van der Waals surface area contributed by atoms with Crippen molar-refractivity contribution < 1.29 is 24.3 Å². The number of hydrogen-bond donors (Lipinski definition) is 7. The Morgan fingerprint density at radius 1 is 0.971 bits per heavy atom. The molecule has 1 aromatic rings. The Balaban J connectivity index is 3.02. The molecule has 0 saturated carbocycles. The third kappa shape index (κ3) is 10.8. The molecule has 0 fully saturated rings. The van der Waals surface area contributed by atoms with Crippen molar-refractivity contribution in [3.63, 3.8) is 0 Å². The second-order valence-corrected chi connectivity index (χ2v) is 8.14. The third-order valence-corrected chi connectivity index (χ3v) is 4.93. The zero-order chi connectivity index (χ0) is 25.7. The van der Waals surface area contributed by atoms with E-state index in [0.29, 0.717) is 6.42 Å². The van der Waals surface area contributed by atoms with Crippen LogP contribution in [0.25, 0.3) is 0 Å². The first-order valence-electron chi connectivity index (χ1n) is 11.0. The van der Waals surface area contributed by atoms with Crippen molar-refractivity contribution in [3.8, 4) is 0 Å². The normalized spacial score (nSPS) is 13.3. The Labute approximate surface area is 198 Å². The highest BCUT2D eigenvalue weighted by molar-refractivity contribution is 5.93. The number of carboxylic acid groups (broad SMARTS) is 1. The summed E-state index contributed by atoms with van der Waals surface area (Å²) in [7, 11) is 0. The molecule has 0 aliphatic heterocycles. The van der Waals surface area contributed by atoms with Gasteiger partial charge >= 0.3 is 5.97 Å². The summed E-state index contributed by atoms with van der Waals surface area (Å²) in [5.41, 5.74) is 17.3. The lowest BCUT2D eigenvalue weighted by Gasteiger charge is -2.25. The minimum absolute atomic E-state index is 0.108. The highest BCUT2D eigenvalue weighted by Crippen LogP contribution is 2.07. The molecule has 3 atom stereocenters. The molecule has 1 aromatic carbocycles. The molecule has 12 nitrogen and oxygen atoms in total. The van der Waals surface area contributed by atoms with Crippen molar-refractivity contribution in [2.24, 2.45) is 28.1 Å². The molecule has 0 aliphatic rings. The van der Waals surface area contributed by atoms with Gasteiger partial charge in [0, 0.05) is 13.0 Å². The van der Waals surface area contributed by atoms with Crippen LogP contribution < -0.4 is 33.2 Å². The van der Waals surface area contributed by atoms with Crippen molar-refractivity contribution in [1.82, 2.24) is 16.0 Å². The number of rotatable bonds is 14. The number of hydrogen-bond acceptors (Lipinski definition) is 6. The van der Waals surface area contributed by atoms with Gasteiger partial charge in [-0.2, -0.15) is 0 Å². The lowest BCUT2D eigenvalue weighted by molar-refractivity contribution is -0.138. The highest BCUT2D eigenvalue weighted by atomic mass is 16.4. The van der Waals surface area contributed by atoms with Crippen LogP contribution in [0.5, 0.6) is 0 Å². The van der Waals surface area contributed by atoms with Crippen LogP contribution in [0, 0.1) is 5.92 Å². The number of nitrogens with one attached hydrogen (secondary N) is 3. The van der Waals surface area contributed by atoms with Crippen LogP contribution in [-0.4, -0.2) is 66.0 Å². The van der Waals surface area contributed by atoms with Gasteiger partial charge in [0.2, 0.25) is 17.7 Å². The maximum atomic E-state index is 13.1. The minimum atomic E-state index is -1.23. The van der Waals surface area contributed by atoms with Crippen molar-refractivity contribution >= 4 is 29.7 Å². The Hall–Kier alpha value is -3.67. The van der Waals surface area contributed by atoms with Gasteiger partial charge in [-0.3, -0.25) is 24.2 Å². The molecule has 0 spiro atoms. The average molecular weight is 478 g/mol. The first-order chi connectivity index (χ1) is 16.0. The van der Waals surface area contributed by atoms with E-state index < -0.39 is 48.4 Å². The van der Waals surface area contributed by atoms with Gasteiger partial charge in [0.15, 0.2) is 5.96 Å². The molecule has 0 aliphatic carbocycles. The number of aliphatic imine (C=N–C) groups is 1. The summed E-state index contributed by atoms with van der Waals surface area (Å²) in [5.74, 6) is -3.26. The molecule has 1 rings (SSSR count). The summed E-state index contributed by atoms with van der Waals surface area (Å²) in [6.45, 7) is 3.19. The number of carbonyl (C=O) groups is 4. The number of nitrogens with zero attached hydrogens (tertiary/aromatic N) is 1. The van der Waals surface area contributed by atoms with E-state index >= 15 is 0 Å². The van der Waals surface area contributed by atoms with E-state index in [-0.39, 0.29) is 31.3 Å². The molecule has 10 N–H and O–H groups in total. The molecular formula is C22H35N7O5. The van der Waals surface area contributed by atoms with E-state index in [2.05, 4.69) is 20.9 Å². The van der Waals surface area contributed by atoms with Gasteiger partial charge in [-0.05, 0) is 24.3 Å². The maximum absolute atomic E-state index is 13.1.